The Morgan fingerprint density at radius 1 is 1.11 bits per heavy atom. The zero-order valence-electron chi connectivity index (χ0n) is 12.6. The number of ether oxygens (including phenoxy) is 2. The molecule has 0 aliphatic heterocycles. The van der Waals surface area contributed by atoms with Crippen molar-refractivity contribution >= 4 is 0 Å². The van der Waals surface area contributed by atoms with Crippen molar-refractivity contribution in [2.45, 2.75) is 31.8 Å². The van der Waals surface area contributed by atoms with Crippen molar-refractivity contribution in [3.05, 3.63) is 23.8 Å². The fourth-order valence-corrected chi connectivity index (χ4v) is 2.20. The van der Waals surface area contributed by atoms with Crippen LogP contribution in [-0.2, 0) is 0 Å². The third kappa shape index (κ3) is 4.40. The number of benzene rings is 1. The van der Waals surface area contributed by atoms with Crippen molar-refractivity contribution in [2.75, 3.05) is 28.3 Å². The molecular formula is C15H26N2O2. The van der Waals surface area contributed by atoms with Crippen LogP contribution in [0.3, 0.4) is 0 Å². The smallest absolute Gasteiger partial charge is 0.161 e. The van der Waals surface area contributed by atoms with Gasteiger partial charge < -0.3 is 20.1 Å². The summed E-state index contributed by atoms with van der Waals surface area (Å²) in [5, 5.41) is 0. The Bertz CT molecular complexity index is 392. The molecule has 4 heteroatoms. The van der Waals surface area contributed by atoms with Crippen LogP contribution < -0.4 is 15.2 Å². The van der Waals surface area contributed by atoms with Gasteiger partial charge in [0.15, 0.2) is 11.5 Å². The molecule has 0 spiro atoms. The Morgan fingerprint density at radius 3 is 2.21 bits per heavy atom. The zero-order valence-corrected chi connectivity index (χ0v) is 12.6. The van der Waals surface area contributed by atoms with E-state index in [0.717, 1.165) is 24.3 Å². The van der Waals surface area contributed by atoms with Gasteiger partial charge in [-0.15, -0.1) is 0 Å². The Balaban J connectivity index is 2.95. The monoisotopic (exact) mass is 266 g/mol. The quantitative estimate of drug-likeness (QED) is 0.823. The molecule has 2 unspecified atom stereocenters. The van der Waals surface area contributed by atoms with Crippen molar-refractivity contribution < 1.29 is 9.47 Å². The lowest BCUT2D eigenvalue weighted by molar-refractivity contribution is 0.273. The molecule has 1 aromatic carbocycles. The minimum atomic E-state index is 0.225. The van der Waals surface area contributed by atoms with Gasteiger partial charge in [-0.25, -0.2) is 0 Å². The summed E-state index contributed by atoms with van der Waals surface area (Å²) in [6.45, 7) is 2.04. The molecule has 1 rings (SSSR count). The van der Waals surface area contributed by atoms with Crippen LogP contribution in [0.2, 0.25) is 0 Å². The number of rotatable bonds is 7. The topological polar surface area (TPSA) is 47.7 Å². The summed E-state index contributed by atoms with van der Waals surface area (Å²) in [6.07, 6.45) is 2.03. The summed E-state index contributed by atoms with van der Waals surface area (Å²) in [7, 11) is 7.48. The second-order valence-corrected chi connectivity index (χ2v) is 5.15. The van der Waals surface area contributed by atoms with Crippen LogP contribution in [0.15, 0.2) is 18.2 Å². The third-order valence-electron chi connectivity index (χ3n) is 3.31. The van der Waals surface area contributed by atoms with Gasteiger partial charge in [-0.3, -0.25) is 0 Å². The van der Waals surface area contributed by atoms with E-state index in [1.165, 1.54) is 5.56 Å². The molecule has 2 N–H and O–H groups in total. The molecule has 4 nitrogen and oxygen atoms in total. The average Bonchev–Trinajstić information content (AvgIpc) is 2.37. The van der Waals surface area contributed by atoms with E-state index in [4.69, 9.17) is 15.2 Å². The van der Waals surface area contributed by atoms with Crippen LogP contribution in [0.25, 0.3) is 0 Å². The SMILES string of the molecule is COc1ccc(C(CCC(C)N)N(C)C)cc1OC. The van der Waals surface area contributed by atoms with Gasteiger partial charge in [0.2, 0.25) is 0 Å². The Labute approximate surface area is 116 Å². The summed E-state index contributed by atoms with van der Waals surface area (Å²) < 4.78 is 10.6. The summed E-state index contributed by atoms with van der Waals surface area (Å²) in [5.41, 5.74) is 7.08. The molecule has 0 radical (unpaired) electrons. The van der Waals surface area contributed by atoms with Crippen molar-refractivity contribution in [2.24, 2.45) is 5.73 Å². The summed E-state index contributed by atoms with van der Waals surface area (Å²) >= 11 is 0. The molecule has 0 saturated heterocycles. The van der Waals surface area contributed by atoms with E-state index in [1.807, 2.05) is 19.1 Å². The number of hydrogen-bond donors (Lipinski definition) is 1. The molecule has 1 aromatic rings. The number of hydrogen-bond acceptors (Lipinski definition) is 4. The van der Waals surface area contributed by atoms with Gasteiger partial charge in [0.1, 0.15) is 0 Å². The maximum atomic E-state index is 5.86. The summed E-state index contributed by atoms with van der Waals surface area (Å²) in [5.74, 6) is 1.53. The van der Waals surface area contributed by atoms with Crippen LogP contribution >= 0.6 is 0 Å². The largest absolute Gasteiger partial charge is 0.493 e. The lowest BCUT2D eigenvalue weighted by atomic mass is 9.98. The lowest BCUT2D eigenvalue weighted by Gasteiger charge is -2.26. The summed E-state index contributed by atoms with van der Waals surface area (Å²) in [6, 6.07) is 6.66. The normalized spacial score (nSPS) is 14.3. The van der Waals surface area contributed by atoms with Crippen molar-refractivity contribution in [1.29, 1.82) is 0 Å². The highest BCUT2D eigenvalue weighted by atomic mass is 16.5. The van der Waals surface area contributed by atoms with Gasteiger partial charge >= 0.3 is 0 Å². The zero-order chi connectivity index (χ0) is 14.4. The Kier molecular flexibility index (Phi) is 6.12. The molecule has 0 amide bonds. The highest BCUT2D eigenvalue weighted by Crippen LogP contribution is 2.33. The van der Waals surface area contributed by atoms with E-state index in [-0.39, 0.29) is 6.04 Å². The fraction of sp³-hybridized carbons (Fsp3) is 0.600. The average molecular weight is 266 g/mol. The number of nitrogens with zero attached hydrogens (tertiary/aromatic N) is 1. The van der Waals surface area contributed by atoms with E-state index in [2.05, 4.69) is 25.1 Å². The molecule has 2 atom stereocenters. The molecule has 0 fully saturated rings. The molecule has 0 aliphatic rings. The van der Waals surface area contributed by atoms with Gasteiger partial charge in [-0.2, -0.15) is 0 Å². The van der Waals surface area contributed by atoms with Gasteiger partial charge in [-0.1, -0.05) is 6.07 Å². The first-order chi connectivity index (χ1) is 8.99. The van der Waals surface area contributed by atoms with E-state index >= 15 is 0 Å². The lowest BCUT2D eigenvalue weighted by Crippen LogP contribution is -2.23. The highest BCUT2D eigenvalue weighted by molar-refractivity contribution is 5.43. The molecule has 0 bridgehead atoms. The molecule has 108 valence electrons. The molecule has 0 heterocycles. The van der Waals surface area contributed by atoms with Crippen molar-refractivity contribution in [3.8, 4) is 11.5 Å². The van der Waals surface area contributed by atoms with Crippen LogP contribution in [0.4, 0.5) is 0 Å². The van der Waals surface area contributed by atoms with E-state index in [1.54, 1.807) is 14.2 Å². The Morgan fingerprint density at radius 2 is 1.74 bits per heavy atom. The maximum Gasteiger partial charge on any atom is 0.161 e. The van der Waals surface area contributed by atoms with Crippen LogP contribution in [0, 0.1) is 0 Å². The molecule has 0 saturated carbocycles. The Hall–Kier alpha value is -1.26. The number of methoxy groups -OCH3 is 2. The third-order valence-corrected chi connectivity index (χ3v) is 3.31. The van der Waals surface area contributed by atoms with Gasteiger partial charge in [-0.05, 0) is 51.6 Å². The molecule has 19 heavy (non-hydrogen) atoms. The fourth-order valence-electron chi connectivity index (χ4n) is 2.20. The van der Waals surface area contributed by atoms with E-state index in [0.29, 0.717) is 6.04 Å². The van der Waals surface area contributed by atoms with Gasteiger partial charge in [0.05, 0.1) is 14.2 Å². The predicted molar refractivity (Wildman–Crippen MR) is 78.9 cm³/mol. The van der Waals surface area contributed by atoms with Crippen LogP contribution in [-0.4, -0.2) is 39.3 Å². The minimum absolute atomic E-state index is 0.225. The van der Waals surface area contributed by atoms with Crippen molar-refractivity contribution in [1.82, 2.24) is 4.90 Å². The molecule has 0 aromatic heterocycles. The van der Waals surface area contributed by atoms with Crippen LogP contribution in [0.1, 0.15) is 31.4 Å². The highest BCUT2D eigenvalue weighted by Gasteiger charge is 2.16. The first kappa shape index (κ1) is 15.8. The van der Waals surface area contributed by atoms with E-state index < -0.39 is 0 Å². The first-order valence-corrected chi connectivity index (χ1v) is 6.63. The first-order valence-electron chi connectivity index (χ1n) is 6.63. The second kappa shape index (κ2) is 7.36. The standard InChI is InChI=1S/C15H26N2O2/c1-11(16)6-8-13(17(2)3)12-7-9-14(18-4)15(10-12)19-5/h7,9-11,13H,6,8,16H2,1-5H3. The maximum absolute atomic E-state index is 5.86. The van der Waals surface area contributed by atoms with Gasteiger partial charge in [0.25, 0.3) is 0 Å². The minimum Gasteiger partial charge on any atom is -0.493 e. The molecule has 0 aliphatic carbocycles. The van der Waals surface area contributed by atoms with Crippen molar-refractivity contribution in [3.63, 3.8) is 0 Å². The van der Waals surface area contributed by atoms with Crippen LogP contribution in [0.5, 0.6) is 11.5 Å². The molecular weight excluding hydrogens is 240 g/mol. The predicted octanol–water partition coefficient (Wildman–Crippen LogP) is 2.43. The second-order valence-electron chi connectivity index (χ2n) is 5.15. The number of nitrogens with two attached hydrogens (primary N) is 1. The summed E-state index contributed by atoms with van der Waals surface area (Å²) in [4.78, 5) is 2.21. The van der Waals surface area contributed by atoms with E-state index in [9.17, 15) is 0 Å². The van der Waals surface area contributed by atoms with Gasteiger partial charge in [0, 0.05) is 12.1 Å².